The van der Waals surface area contributed by atoms with E-state index < -0.39 is 0 Å². The maximum Gasteiger partial charge on any atom is 0.0323 e. The van der Waals surface area contributed by atoms with Gasteiger partial charge in [0.2, 0.25) is 0 Å². The van der Waals surface area contributed by atoms with Crippen LogP contribution in [0.1, 0.15) is 61.0 Å². The van der Waals surface area contributed by atoms with Gasteiger partial charge >= 0.3 is 0 Å². The minimum absolute atomic E-state index is 0.390. The zero-order valence-corrected chi connectivity index (χ0v) is 13.1. The van der Waals surface area contributed by atoms with E-state index in [-0.39, 0.29) is 0 Å². The summed E-state index contributed by atoms with van der Waals surface area (Å²) >= 11 is 0. The smallest absolute Gasteiger partial charge is 0.0323 e. The van der Waals surface area contributed by atoms with Gasteiger partial charge in [-0.3, -0.25) is 0 Å². The summed E-state index contributed by atoms with van der Waals surface area (Å²) in [6.07, 6.45) is 4.95. The molecular weight excluding hydrogens is 254 g/mol. The number of benzene rings is 2. The number of hydrogen-bond donors (Lipinski definition) is 1. The lowest BCUT2D eigenvalue weighted by Crippen LogP contribution is -2.24. The van der Waals surface area contributed by atoms with Crippen molar-refractivity contribution in [2.24, 2.45) is 0 Å². The van der Waals surface area contributed by atoms with Crippen LogP contribution in [0, 0.1) is 0 Å². The van der Waals surface area contributed by atoms with E-state index in [0.29, 0.717) is 12.1 Å². The maximum atomic E-state index is 3.79. The lowest BCUT2D eigenvalue weighted by Gasteiger charge is -2.23. The molecule has 0 aromatic heterocycles. The molecule has 2 unspecified atom stereocenters. The molecule has 0 fully saturated rings. The molecule has 1 aliphatic rings. The third-order valence-corrected chi connectivity index (χ3v) is 4.68. The van der Waals surface area contributed by atoms with Crippen molar-refractivity contribution in [1.29, 1.82) is 0 Å². The molecule has 1 nitrogen and oxygen atoms in total. The summed E-state index contributed by atoms with van der Waals surface area (Å²) in [6, 6.07) is 18.6. The Hall–Kier alpha value is -1.60. The monoisotopic (exact) mass is 279 g/mol. The summed E-state index contributed by atoms with van der Waals surface area (Å²) in [5.74, 6) is 0. The molecule has 1 N–H and O–H groups in total. The normalized spacial score (nSPS) is 16.5. The summed E-state index contributed by atoms with van der Waals surface area (Å²) in [6.45, 7) is 4.53. The summed E-state index contributed by atoms with van der Waals surface area (Å²) in [7, 11) is 0. The van der Waals surface area contributed by atoms with Gasteiger partial charge in [0.05, 0.1) is 0 Å². The Balaban J connectivity index is 1.74. The molecule has 2 atom stereocenters. The predicted octanol–water partition coefficient (Wildman–Crippen LogP) is 4.98. The molecule has 0 amide bonds. The summed E-state index contributed by atoms with van der Waals surface area (Å²) in [4.78, 5) is 0. The van der Waals surface area contributed by atoms with Crippen molar-refractivity contribution in [3.63, 3.8) is 0 Å². The fourth-order valence-electron chi connectivity index (χ4n) is 3.39. The van der Waals surface area contributed by atoms with Gasteiger partial charge in [0, 0.05) is 12.1 Å². The van der Waals surface area contributed by atoms with Crippen LogP contribution in [-0.4, -0.2) is 0 Å². The van der Waals surface area contributed by atoms with E-state index >= 15 is 0 Å². The van der Waals surface area contributed by atoms with E-state index in [1.165, 1.54) is 30.4 Å². The average molecular weight is 279 g/mol. The molecule has 0 saturated heterocycles. The zero-order valence-electron chi connectivity index (χ0n) is 13.1. The number of rotatable bonds is 5. The fourth-order valence-corrected chi connectivity index (χ4v) is 3.39. The van der Waals surface area contributed by atoms with E-state index in [1.54, 1.807) is 11.1 Å². The van der Waals surface area contributed by atoms with Crippen molar-refractivity contribution >= 4 is 0 Å². The van der Waals surface area contributed by atoms with Gasteiger partial charge in [-0.2, -0.15) is 0 Å². The van der Waals surface area contributed by atoms with Crippen LogP contribution < -0.4 is 5.32 Å². The third kappa shape index (κ3) is 3.19. The first kappa shape index (κ1) is 14.3. The van der Waals surface area contributed by atoms with Crippen molar-refractivity contribution in [3.8, 4) is 0 Å². The molecule has 0 saturated carbocycles. The summed E-state index contributed by atoms with van der Waals surface area (Å²) in [5.41, 5.74) is 5.92. The molecule has 1 aliphatic carbocycles. The van der Waals surface area contributed by atoms with Gasteiger partial charge in [-0.05, 0) is 54.9 Å². The first-order valence-corrected chi connectivity index (χ1v) is 8.20. The number of hydrogen-bond acceptors (Lipinski definition) is 1. The lowest BCUT2D eigenvalue weighted by molar-refractivity contribution is 0.456. The molecule has 2 aromatic rings. The Bertz CT molecular complexity index is 588. The van der Waals surface area contributed by atoms with E-state index in [0.717, 1.165) is 6.42 Å². The minimum Gasteiger partial charge on any atom is -0.303 e. The number of nitrogens with one attached hydrogen (secondary N) is 1. The highest BCUT2D eigenvalue weighted by Crippen LogP contribution is 2.27. The van der Waals surface area contributed by atoms with Crippen molar-refractivity contribution in [3.05, 3.63) is 70.8 Å². The SMILES string of the molecule is CCC(NC(C)c1ccc2c(c1)CCC2)c1ccccc1. The van der Waals surface area contributed by atoms with Crippen molar-refractivity contribution in [1.82, 2.24) is 5.32 Å². The average Bonchev–Trinajstić information content (AvgIpc) is 3.00. The highest BCUT2D eigenvalue weighted by Gasteiger charge is 2.16. The minimum atomic E-state index is 0.390. The van der Waals surface area contributed by atoms with Gasteiger partial charge in [0.15, 0.2) is 0 Å². The first-order valence-electron chi connectivity index (χ1n) is 8.20. The quantitative estimate of drug-likeness (QED) is 0.814. The van der Waals surface area contributed by atoms with Gasteiger partial charge in [-0.15, -0.1) is 0 Å². The summed E-state index contributed by atoms with van der Waals surface area (Å²) in [5, 5.41) is 3.79. The standard InChI is InChI=1S/C20H25N/c1-3-20(17-8-5-4-6-9-17)21-15(2)18-13-12-16-10-7-11-19(16)14-18/h4-6,8-9,12-15,20-21H,3,7,10-11H2,1-2H3. The van der Waals surface area contributed by atoms with Crippen LogP contribution >= 0.6 is 0 Å². The Morgan fingerprint density at radius 1 is 0.952 bits per heavy atom. The highest BCUT2D eigenvalue weighted by molar-refractivity contribution is 5.36. The van der Waals surface area contributed by atoms with Crippen LogP contribution in [0.2, 0.25) is 0 Å². The Labute approximate surface area is 128 Å². The largest absolute Gasteiger partial charge is 0.303 e. The van der Waals surface area contributed by atoms with E-state index in [1.807, 2.05) is 0 Å². The first-order chi connectivity index (χ1) is 10.3. The third-order valence-electron chi connectivity index (χ3n) is 4.68. The summed E-state index contributed by atoms with van der Waals surface area (Å²) < 4.78 is 0. The molecule has 3 rings (SSSR count). The van der Waals surface area contributed by atoms with Gasteiger partial charge in [0.25, 0.3) is 0 Å². The highest BCUT2D eigenvalue weighted by atomic mass is 14.9. The second kappa shape index (κ2) is 6.44. The molecule has 1 heteroatoms. The Morgan fingerprint density at radius 3 is 2.48 bits per heavy atom. The molecule has 0 aliphatic heterocycles. The molecular formula is C20H25N. The molecule has 21 heavy (non-hydrogen) atoms. The van der Waals surface area contributed by atoms with Crippen LogP contribution in [-0.2, 0) is 12.8 Å². The number of aryl methyl sites for hydroxylation is 2. The lowest BCUT2D eigenvalue weighted by atomic mass is 9.99. The fraction of sp³-hybridized carbons (Fsp3) is 0.400. The Kier molecular flexibility index (Phi) is 4.40. The topological polar surface area (TPSA) is 12.0 Å². The molecule has 110 valence electrons. The molecule has 2 aromatic carbocycles. The van der Waals surface area contributed by atoms with E-state index in [4.69, 9.17) is 0 Å². The second-order valence-electron chi connectivity index (χ2n) is 6.14. The van der Waals surface area contributed by atoms with E-state index in [2.05, 4.69) is 67.7 Å². The van der Waals surface area contributed by atoms with Crippen LogP contribution in [0.3, 0.4) is 0 Å². The van der Waals surface area contributed by atoms with Crippen molar-refractivity contribution < 1.29 is 0 Å². The predicted molar refractivity (Wildman–Crippen MR) is 89.5 cm³/mol. The second-order valence-corrected chi connectivity index (χ2v) is 6.14. The molecule has 0 spiro atoms. The van der Waals surface area contributed by atoms with Crippen LogP contribution in [0.5, 0.6) is 0 Å². The molecule has 0 heterocycles. The van der Waals surface area contributed by atoms with Gasteiger partial charge in [-0.1, -0.05) is 55.5 Å². The van der Waals surface area contributed by atoms with Crippen molar-refractivity contribution in [2.75, 3.05) is 0 Å². The van der Waals surface area contributed by atoms with Crippen LogP contribution in [0.15, 0.2) is 48.5 Å². The molecule has 0 bridgehead atoms. The zero-order chi connectivity index (χ0) is 14.7. The van der Waals surface area contributed by atoms with Gasteiger partial charge in [0.1, 0.15) is 0 Å². The van der Waals surface area contributed by atoms with Crippen LogP contribution in [0.4, 0.5) is 0 Å². The maximum absolute atomic E-state index is 3.79. The van der Waals surface area contributed by atoms with Gasteiger partial charge in [-0.25, -0.2) is 0 Å². The van der Waals surface area contributed by atoms with Gasteiger partial charge < -0.3 is 5.32 Å². The van der Waals surface area contributed by atoms with E-state index in [9.17, 15) is 0 Å². The van der Waals surface area contributed by atoms with Crippen LogP contribution in [0.25, 0.3) is 0 Å². The van der Waals surface area contributed by atoms with Crippen molar-refractivity contribution in [2.45, 2.75) is 51.6 Å². The molecule has 0 radical (unpaired) electrons. The number of fused-ring (bicyclic) bond motifs is 1. The Morgan fingerprint density at radius 2 is 1.71 bits per heavy atom.